The number of imide groups is 1. The summed E-state index contributed by atoms with van der Waals surface area (Å²) in [4.78, 5) is 42.4. The molecule has 0 aromatic heterocycles. The van der Waals surface area contributed by atoms with Gasteiger partial charge in [0, 0.05) is 16.7 Å². The first-order chi connectivity index (χ1) is 14.3. The Balaban J connectivity index is 1.57. The Morgan fingerprint density at radius 3 is 2.63 bits per heavy atom. The van der Waals surface area contributed by atoms with E-state index in [2.05, 4.69) is 12.2 Å². The van der Waals surface area contributed by atoms with Gasteiger partial charge in [-0.05, 0) is 43.2 Å². The number of anilines is 1. The molecule has 8 heteroatoms. The number of hydrogen-bond acceptors (Lipinski definition) is 4. The molecule has 1 N–H and O–H groups in total. The lowest BCUT2D eigenvalue weighted by atomic mass is 9.92. The van der Waals surface area contributed by atoms with Crippen molar-refractivity contribution in [1.82, 2.24) is 10.2 Å². The molecule has 0 aliphatic carbocycles. The zero-order valence-corrected chi connectivity index (χ0v) is 17.5. The highest BCUT2D eigenvalue weighted by Crippen LogP contribution is 2.37. The Morgan fingerprint density at radius 1 is 1.20 bits per heavy atom. The summed E-state index contributed by atoms with van der Waals surface area (Å²) in [5.74, 6) is -1.28. The van der Waals surface area contributed by atoms with Crippen molar-refractivity contribution >= 4 is 35.3 Å². The van der Waals surface area contributed by atoms with Crippen molar-refractivity contribution in [2.24, 2.45) is 0 Å². The molecule has 2 aliphatic heterocycles. The number of rotatable bonds is 3. The molecule has 2 aliphatic rings. The first-order valence-corrected chi connectivity index (χ1v) is 10.6. The van der Waals surface area contributed by atoms with E-state index in [9.17, 15) is 18.8 Å². The number of thioether (sulfide) groups is 1. The monoisotopic (exact) mass is 427 g/mol. The highest BCUT2D eigenvalue weighted by atomic mass is 32.2. The van der Waals surface area contributed by atoms with E-state index in [1.165, 1.54) is 24.3 Å². The van der Waals surface area contributed by atoms with Gasteiger partial charge in [0.15, 0.2) is 0 Å². The van der Waals surface area contributed by atoms with Crippen molar-refractivity contribution in [3.63, 3.8) is 0 Å². The highest BCUT2D eigenvalue weighted by Gasteiger charge is 2.49. The van der Waals surface area contributed by atoms with Gasteiger partial charge < -0.3 is 10.2 Å². The third kappa shape index (κ3) is 3.56. The lowest BCUT2D eigenvalue weighted by molar-refractivity contribution is -0.134. The summed E-state index contributed by atoms with van der Waals surface area (Å²) in [6, 6.07) is 12.4. The van der Waals surface area contributed by atoms with Gasteiger partial charge in [-0.3, -0.25) is 14.5 Å². The average Bonchev–Trinajstić information content (AvgIpc) is 2.85. The predicted octanol–water partition coefficient (Wildman–Crippen LogP) is 3.51. The second kappa shape index (κ2) is 7.75. The van der Waals surface area contributed by atoms with Gasteiger partial charge in [0.1, 0.15) is 17.9 Å². The molecule has 1 fully saturated rings. The quantitative estimate of drug-likeness (QED) is 0.761. The molecule has 2 heterocycles. The summed E-state index contributed by atoms with van der Waals surface area (Å²) >= 11 is 1.71. The number of carbonyl (C=O) groups excluding carboxylic acids is 3. The minimum atomic E-state index is -1.34. The van der Waals surface area contributed by atoms with Crippen LogP contribution in [0.3, 0.4) is 0 Å². The van der Waals surface area contributed by atoms with Gasteiger partial charge in [-0.25, -0.2) is 9.18 Å². The Morgan fingerprint density at radius 2 is 1.90 bits per heavy atom. The number of fused-ring (bicyclic) bond motifs is 1. The molecule has 2 aromatic rings. The molecule has 0 unspecified atom stereocenters. The van der Waals surface area contributed by atoms with Crippen molar-refractivity contribution in [3.05, 3.63) is 59.9 Å². The molecule has 156 valence electrons. The van der Waals surface area contributed by atoms with Crippen molar-refractivity contribution < 1.29 is 18.8 Å². The number of hydrogen-bond donors (Lipinski definition) is 1. The minimum Gasteiger partial charge on any atom is -0.319 e. The fourth-order valence-corrected chi connectivity index (χ4v) is 4.90. The van der Waals surface area contributed by atoms with Gasteiger partial charge >= 0.3 is 6.03 Å². The van der Waals surface area contributed by atoms with Crippen LogP contribution in [-0.4, -0.2) is 41.1 Å². The molecule has 0 spiro atoms. The van der Waals surface area contributed by atoms with Crippen molar-refractivity contribution in [3.8, 4) is 0 Å². The van der Waals surface area contributed by atoms with Crippen LogP contribution in [0, 0.1) is 5.82 Å². The van der Waals surface area contributed by atoms with Crippen LogP contribution in [-0.2, 0) is 15.1 Å². The fourth-order valence-electron chi connectivity index (χ4n) is 3.79. The highest BCUT2D eigenvalue weighted by molar-refractivity contribution is 8.00. The smallest absolute Gasteiger partial charge is 0.319 e. The molecule has 6 nitrogen and oxygen atoms in total. The fraction of sp³-hybridized carbons (Fsp3) is 0.318. The average molecular weight is 428 g/mol. The number of nitrogens with zero attached hydrogens (tertiary/aromatic N) is 2. The Labute approximate surface area is 178 Å². The van der Waals surface area contributed by atoms with Crippen LogP contribution in [0.1, 0.15) is 25.8 Å². The molecular weight excluding hydrogens is 405 g/mol. The molecule has 2 aromatic carbocycles. The van der Waals surface area contributed by atoms with E-state index >= 15 is 0 Å². The maximum atomic E-state index is 13.3. The van der Waals surface area contributed by atoms with E-state index in [0.717, 1.165) is 21.9 Å². The number of urea groups is 1. The number of halogens is 1. The molecule has 4 rings (SSSR count). The zero-order chi connectivity index (χ0) is 21.5. The van der Waals surface area contributed by atoms with Crippen LogP contribution in [0.25, 0.3) is 0 Å². The lowest BCUT2D eigenvalue weighted by Crippen LogP contribution is -2.45. The number of carbonyl (C=O) groups is 3. The van der Waals surface area contributed by atoms with Crippen LogP contribution in [0.15, 0.2) is 53.4 Å². The second-order valence-corrected chi connectivity index (χ2v) is 9.16. The Kier molecular flexibility index (Phi) is 5.27. The van der Waals surface area contributed by atoms with E-state index in [-0.39, 0.29) is 12.5 Å². The molecule has 0 radical (unpaired) electrons. The summed E-state index contributed by atoms with van der Waals surface area (Å²) in [5.41, 5.74) is -0.0840. The third-order valence-corrected chi connectivity index (χ3v) is 6.77. The maximum Gasteiger partial charge on any atom is 0.325 e. The number of amides is 4. The number of benzene rings is 2. The first kappa shape index (κ1) is 20.4. The predicted molar refractivity (Wildman–Crippen MR) is 113 cm³/mol. The van der Waals surface area contributed by atoms with E-state index in [0.29, 0.717) is 17.4 Å². The van der Waals surface area contributed by atoms with Crippen LogP contribution in [0.5, 0.6) is 0 Å². The lowest BCUT2D eigenvalue weighted by Gasteiger charge is -2.25. The minimum absolute atomic E-state index is 0.316. The molecule has 0 bridgehead atoms. The summed E-state index contributed by atoms with van der Waals surface area (Å²) in [7, 11) is 0. The van der Waals surface area contributed by atoms with Crippen LogP contribution < -0.4 is 10.2 Å². The van der Waals surface area contributed by atoms with Crippen molar-refractivity contribution in [1.29, 1.82) is 0 Å². The molecule has 1 saturated heterocycles. The third-order valence-electron chi connectivity index (χ3n) is 5.53. The SMILES string of the molecule is C[C@@H]1CCN(C(=O)CN2C(=O)N[C@](C)(c3ccc(F)cc3)C2=O)c2ccccc2S1. The van der Waals surface area contributed by atoms with E-state index in [1.54, 1.807) is 23.6 Å². The standard InChI is InChI=1S/C22H22FN3O3S/c1-14-11-12-25(17-5-3-4-6-18(17)30-14)19(27)13-26-20(28)22(2,24-21(26)29)15-7-9-16(23)10-8-15/h3-10,14H,11-13H2,1-2H3,(H,24,29)/t14-,22-/m1/s1. The van der Waals surface area contributed by atoms with Gasteiger partial charge in [-0.2, -0.15) is 0 Å². The molecular formula is C22H22FN3O3S. The van der Waals surface area contributed by atoms with Crippen LogP contribution in [0.4, 0.5) is 14.9 Å². The van der Waals surface area contributed by atoms with E-state index < -0.39 is 23.3 Å². The van der Waals surface area contributed by atoms with E-state index in [4.69, 9.17) is 0 Å². The summed E-state index contributed by atoms with van der Waals surface area (Å²) in [5, 5.41) is 3.00. The van der Waals surface area contributed by atoms with Crippen molar-refractivity contribution in [2.45, 2.75) is 36.0 Å². The summed E-state index contributed by atoms with van der Waals surface area (Å²) in [6.07, 6.45) is 0.804. The number of nitrogens with one attached hydrogen (secondary N) is 1. The second-order valence-electron chi connectivity index (χ2n) is 7.68. The van der Waals surface area contributed by atoms with Crippen LogP contribution in [0.2, 0.25) is 0 Å². The summed E-state index contributed by atoms with van der Waals surface area (Å²) < 4.78 is 13.3. The van der Waals surface area contributed by atoms with Gasteiger partial charge in [0.05, 0.1) is 5.69 Å². The Bertz CT molecular complexity index is 1010. The molecule has 30 heavy (non-hydrogen) atoms. The van der Waals surface area contributed by atoms with Crippen molar-refractivity contribution in [2.75, 3.05) is 18.0 Å². The van der Waals surface area contributed by atoms with Gasteiger partial charge in [0.2, 0.25) is 5.91 Å². The number of para-hydroxylation sites is 1. The van der Waals surface area contributed by atoms with Gasteiger partial charge in [-0.15, -0.1) is 11.8 Å². The topological polar surface area (TPSA) is 69.7 Å². The van der Waals surface area contributed by atoms with E-state index in [1.807, 2.05) is 24.3 Å². The summed E-state index contributed by atoms with van der Waals surface area (Å²) in [6.45, 7) is 3.84. The first-order valence-electron chi connectivity index (χ1n) is 9.76. The zero-order valence-electron chi connectivity index (χ0n) is 16.7. The molecule has 4 amide bonds. The normalized spacial score (nSPS) is 23.8. The largest absolute Gasteiger partial charge is 0.325 e. The maximum absolute atomic E-state index is 13.3. The van der Waals surface area contributed by atoms with Gasteiger partial charge in [-0.1, -0.05) is 31.2 Å². The molecule has 2 atom stereocenters. The Hall–Kier alpha value is -2.87. The van der Waals surface area contributed by atoms with Crippen LogP contribution >= 0.6 is 11.8 Å². The molecule has 0 saturated carbocycles. The van der Waals surface area contributed by atoms with Gasteiger partial charge in [0.25, 0.3) is 5.91 Å².